The predicted octanol–water partition coefficient (Wildman–Crippen LogP) is 4.04. The number of benzene rings is 2. The lowest BCUT2D eigenvalue weighted by Crippen LogP contribution is -2.23. The number of carbonyl (C=O) groups is 1. The van der Waals surface area contributed by atoms with E-state index in [2.05, 4.69) is 30.6 Å². The summed E-state index contributed by atoms with van der Waals surface area (Å²) in [4.78, 5) is 12.2. The molecule has 0 fully saturated rings. The van der Waals surface area contributed by atoms with E-state index < -0.39 is 0 Å². The summed E-state index contributed by atoms with van der Waals surface area (Å²) in [5.41, 5.74) is 4.39. The Balaban J connectivity index is 2.04. The van der Waals surface area contributed by atoms with Gasteiger partial charge in [0.15, 0.2) is 0 Å². The first-order valence-corrected chi connectivity index (χ1v) is 7.64. The number of nitrogens with zero attached hydrogens (tertiary/aromatic N) is 1. The maximum atomic E-state index is 12.2. The molecule has 1 amide bonds. The first kappa shape index (κ1) is 16.6. The molecule has 0 spiro atoms. The zero-order valence-corrected chi connectivity index (χ0v) is 13.7. The lowest BCUT2D eigenvalue weighted by atomic mass is 9.98. The molecule has 0 saturated heterocycles. The van der Waals surface area contributed by atoms with E-state index in [1.54, 1.807) is 18.2 Å². The molecule has 0 unspecified atom stereocenters. The second kappa shape index (κ2) is 7.46. The van der Waals surface area contributed by atoms with Gasteiger partial charge in [0.1, 0.15) is 0 Å². The van der Waals surface area contributed by atoms with Crippen LogP contribution in [0.15, 0.2) is 42.5 Å². The molecule has 0 bridgehead atoms. The van der Waals surface area contributed by atoms with Gasteiger partial charge in [-0.2, -0.15) is 5.26 Å². The number of nitrogens with one attached hydrogen (secondary N) is 2. The summed E-state index contributed by atoms with van der Waals surface area (Å²) >= 11 is 0. The maximum Gasteiger partial charge on any atom is 0.243 e. The number of anilines is 2. The number of rotatable bonds is 5. The van der Waals surface area contributed by atoms with Crippen molar-refractivity contribution < 1.29 is 4.79 Å². The average molecular weight is 307 g/mol. The van der Waals surface area contributed by atoms with Crippen LogP contribution in [0.3, 0.4) is 0 Å². The third-order valence-electron chi connectivity index (χ3n) is 3.64. The lowest BCUT2D eigenvalue weighted by Gasteiger charge is -2.16. The van der Waals surface area contributed by atoms with Gasteiger partial charge in [-0.25, -0.2) is 0 Å². The molecule has 0 aliphatic heterocycles. The Morgan fingerprint density at radius 3 is 2.65 bits per heavy atom. The molecule has 2 rings (SSSR count). The molecule has 0 aliphatic rings. The quantitative estimate of drug-likeness (QED) is 0.876. The molecular weight excluding hydrogens is 286 g/mol. The molecule has 4 nitrogen and oxygen atoms in total. The van der Waals surface area contributed by atoms with Gasteiger partial charge in [-0.15, -0.1) is 0 Å². The first-order chi connectivity index (χ1) is 11.0. The van der Waals surface area contributed by atoms with Crippen LogP contribution in [0.1, 0.15) is 36.5 Å². The highest BCUT2D eigenvalue weighted by Crippen LogP contribution is 2.27. The van der Waals surface area contributed by atoms with Crippen molar-refractivity contribution in [3.05, 3.63) is 59.2 Å². The van der Waals surface area contributed by atoms with E-state index in [9.17, 15) is 4.79 Å². The number of amides is 1. The minimum absolute atomic E-state index is 0.108. The number of aryl methyl sites for hydroxylation is 1. The highest BCUT2D eigenvalue weighted by Gasteiger charge is 2.11. The smallest absolute Gasteiger partial charge is 0.243 e. The Kier molecular flexibility index (Phi) is 5.37. The van der Waals surface area contributed by atoms with E-state index in [0.717, 1.165) is 22.5 Å². The van der Waals surface area contributed by atoms with Crippen LogP contribution in [0, 0.1) is 18.3 Å². The number of para-hydroxylation sites is 1. The highest BCUT2D eigenvalue weighted by molar-refractivity contribution is 5.95. The Bertz CT molecular complexity index is 745. The molecule has 2 N–H and O–H groups in total. The van der Waals surface area contributed by atoms with E-state index >= 15 is 0 Å². The second-order valence-corrected chi connectivity index (χ2v) is 5.79. The summed E-state index contributed by atoms with van der Waals surface area (Å²) in [7, 11) is 0. The molecule has 0 atom stereocenters. The van der Waals surface area contributed by atoms with E-state index in [1.165, 1.54) is 0 Å². The normalized spacial score (nSPS) is 10.2. The van der Waals surface area contributed by atoms with Gasteiger partial charge in [0.2, 0.25) is 5.91 Å². The standard InChI is InChI=1S/C19H21N3O/c1-13(2)17-9-4-6-14(3)19(17)22-18(23)12-21-16-8-5-7-15(10-16)11-20/h4-10,13,21H,12H2,1-3H3,(H,22,23). The van der Waals surface area contributed by atoms with Crippen LogP contribution < -0.4 is 10.6 Å². The molecule has 2 aromatic carbocycles. The van der Waals surface area contributed by atoms with E-state index in [1.807, 2.05) is 31.2 Å². The van der Waals surface area contributed by atoms with Crippen molar-refractivity contribution in [3.63, 3.8) is 0 Å². The summed E-state index contributed by atoms with van der Waals surface area (Å²) in [5, 5.41) is 14.9. The van der Waals surface area contributed by atoms with E-state index in [-0.39, 0.29) is 12.5 Å². The van der Waals surface area contributed by atoms with Gasteiger partial charge in [-0.3, -0.25) is 4.79 Å². The highest BCUT2D eigenvalue weighted by atomic mass is 16.1. The zero-order chi connectivity index (χ0) is 16.8. The summed E-state index contributed by atoms with van der Waals surface area (Å²) in [5.74, 6) is 0.231. The number of hydrogen-bond donors (Lipinski definition) is 2. The van der Waals surface area contributed by atoms with Crippen LogP contribution in [-0.4, -0.2) is 12.5 Å². The van der Waals surface area contributed by atoms with E-state index in [0.29, 0.717) is 11.5 Å². The van der Waals surface area contributed by atoms with Crippen LogP contribution in [0.25, 0.3) is 0 Å². The largest absolute Gasteiger partial charge is 0.376 e. The summed E-state index contributed by atoms with van der Waals surface area (Å²) in [6.07, 6.45) is 0. The molecule has 23 heavy (non-hydrogen) atoms. The zero-order valence-electron chi connectivity index (χ0n) is 13.7. The number of carbonyl (C=O) groups excluding carboxylic acids is 1. The van der Waals surface area contributed by atoms with Crippen molar-refractivity contribution in [1.82, 2.24) is 0 Å². The molecule has 0 aromatic heterocycles. The molecule has 0 aliphatic carbocycles. The third kappa shape index (κ3) is 4.33. The maximum absolute atomic E-state index is 12.2. The fraction of sp³-hybridized carbons (Fsp3) is 0.263. The molecule has 0 radical (unpaired) electrons. The van der Waals surface area contributed by atoms with Crippen molar-refractivity contribution in [3.8, 4) is 6.07 Å². The summed E-state index contributed by atoms with van der Waals surface area (Å²) < 4.78 is 0. The first-order valence-electron chi connectivity index (χ1n) is 7.64. The minimum atomic E-state index is -0.108. The molecule has 0 saturated carbocycles. The van der Waals surface area contributed by atoms with Crippen LogP contribution in [0.4, 0.5) is 11.4 Å². The Labute approximate surface area is 137 Å². The second-order valence-electron chi connectivity index (χ2n) is 5.79. The molecular formula is C19H21N3O. The van der Waals surface area contributed by atoms with Gasteiger partial charge >= 0.3 is 0 Å². The monoisotopic (exact) mass is 307 g/mol. The van der Waals surface area contributed by atoms with Gasteiger partial charge in [0, 0.05) is 11.4 Å². The molecule has 0 heterocycles. The minimum Gasteiger partial charge on any atom is -0.376 e. The van der Waals surface area contributed by atoms with Crippen LogP contribution >= 0.6 is 0 Å². The van der Waals surface area contributed by atoms with Gasteiger partial charge < -0.3 is 10.6 Å². The lowest BCUT2D eigenvalue weighted by molar-refractivity contribution is -0.114. The van der Waals surface area contributed by atoms with Crippen molar-refractivity contribution in [1.29, 1.82) is 5.26 Å². The molecule has 2 aromatic rings. The summed E-state index contributed by atoms with van der Waals surface area (Å²) in [6.45, 7) is 6.36. The SMILES string of the molecule is Cc1cccc(C(C)C)c1NC(=O)CNc1cccc(C#N)c1. The Morgan fingerprint density at radius 1 is 1.22 bits per heavy atom. The number of hydrogen-bond acceptors (Lipinski definition) is 3. The van der Waals surface area contributed by atoms with Gasteiger partial charge in [0.05, 0.1) is 18.2 Å². The van der Waals surface area contributed by atoms with Gasteiger partial charge in [-0.05, 0) is 42.2 Å². The van der Waals surface area contributed by atoms with E-state index in [4.69, 9.17) is 5.26 Å². The van der Waals surface area contributed by atoms with Crippen molar-refractivity contribution in [2.45, 2.75) is 26.7 Å². The van der Waals surface area contributed by atoms with Crippen molar-refractivity contribution >= 4 is 17.3 Å². The molecule has 4 heteroatoms. The predicted molar refractivity (Wildman–Crippen MR) is 93.5 cm³/mol. The number of nitriles is 1. The van der Waals surface area contributed by atoms with Crippen LogP contribution in [0.5, 0.6) is 0 Å². The average Bonchev–Trinajstić information content (AvgIpc) is 2.54. The Morgan fingerprint density at radius 2 is 1.96 bits per heavy atom. The topological polar surface area (TPSA) is 64.9 Å². The van der Waals surface area contributed by atoms with Gasteiger partial charge in [-0.1, -0.05) is 38.1 Å². The molecule has 118 valence electrons. The Hall–Kier alpha value is -2.80. The summed E-state index contributed by atoms with van der Waals surface area (Å²) in [6, 6.07) is 15.2. The van der Waals surface area contributed by atoms with Crippen LogP contribution in [0.2, 0.25) is 0 Å². The fourth-order valence-electron chi connectivity index (χ4n) is 2.41. The fourth-order valence-corrected chi connectivity index (χ4v) is 2.41. The van der Waals surface area contributed by atoms with Crippen LogP contribution in [-0.2, 0) is 4.79 Å². The van der Waals surface area contributed by atoms with Crippen molar-refractivity contribution in [2.24, 2.45) is 0 Å². The van der Waals surface area contributed by atoms with Crippen molar-refractivity contribution in [2.75, 3.05) is 17.2 Å². The van der Waals surface area contributed by atoms with Gasteiger partial charge in [0.25, 0.3) is 0 Å². The third-order valence-corrected chi connectivity index (χ3v) is 3.64.